The van der Waals surface area contributed by atoms with Gasteiger partial charge >= 0.3 is 12.1 Å². The lowest BCUT2D eigenvalue weighted by Gasteiger charge is -2.38. The van der Waals surface area contributed by atoms with E-state index < -0.39 is 46.4 Å². The third-order valence-electron chi connectivity index (χ3n) is 8.87. The van der Waals surface area contributed by atoms with Crippen molar-refractivity contribution >= 4 is 45.8 Å². The molecule has 3 fully saturated rings. The molecule has 2 amide bonds. The lowest BCUT2D eigenvalue weighted by molar-refractivity contribution is -0.119. The van der Waals surface area contributed by atoms with Gasteiger partial charge in [-0.05, 0) is 74.6 Å². The Morgan fingerprint density at radius 1 is 1.07 bits per heavy atom. The van der Waals surface area contributed by atoms with Gasteiger partial charge in [0.05, 0.1) is 35.6 Å². The number of pyridine rings is 1. The third kappa shape index (κ3) is 6.06. The number of allylic oxidation sites excluding steroid dienone is 1. The van der Waals surface area contributed by atoms with Crippen LogP contribution in [0.3, 0.4) is 0 Å². The van der Waals surface area contributed by atoms with E-state index in [4.69, 9.17) is 4.74 Å². The molecule has 0 bridgehead atoms. The first kappa shape index (κ1) is 31.2. The highest BCUT2D eigenvalue weighted by Crippen LogP contribution is 2.39. The molecule has 0 unspecified atom stereocenters. The molecule has 0 spiro atoms. The summed E-state index contributed by atoms with van der Waals surface area (Å²) in [6.45, 7) is 3.91. The lowest BCUT2D eigenvalue weighted by atomic mass is 9.87. The predicted molar refractivity (Wildman–Crippen MR) is 166 cm³/mol. The second-order valence-electron chi connectivity index (χ2n) is 12.3. The van der Waals surface area contributed by atoms with Crippen LogP contribution < -0.4 is 20.5 Å². The summed E-state index contributed by atoms with van der Waals surface area (Å²) in [5.41, 5.74) is -0.642. The zero-order valence-corrected chi connectivity index (χ0v) is 25.4. The fourth-order valence-electron chi connectivity index (χ4n) is 6.26. The first-order valence-electron chi connectivity index (χ1n) is 15.1. The maximum Gasteiger partial charge on any atom is 0.414 e. The van der Waals surface area contributed by atoms with Crippen molar-refractivity contribution in [2.75, 3.05) is 36.0 Å². The molecular formula is C33H34F2N4O7. The summed E-state index contributed by atoms with van der Waals surface area (Å²) < 4.78 is 37.7. The molecule has 1 aliphatic carbocycles. The number of amides is 2. The van der Waals surface area contributed by atoms with Crippen LogP contribution in [0.25, 0.3) is 16.5 Å². The first-order chi connectivity index (χ1) is 21.8. The van der Waals surface area contributed by atoms with Crippen molar-refractivity contribution in [1.82, 2.24) is 9.88 Å². The number of ether oxygens (including phenoxy) is 1. The van der Waals surface area contributed by atoms with Gasteiger partial charge in [0.1, 0.15) is 23.3 Å². The Bertz CT molecular complexity index is 1840. The van der Waals surface area contributed by atoms with Gasteiger partial charge in [0.15, 0.2) is 0 Å². The number of benzene rings is 2. The average molecular weight is 637 g/mol. The molecule has 13 heteroatoms. The van der Waals surface area contributed by atoms with Crippen molar-refractivity contribution in [3.05, 3.63) is 75.6 Å². The number of anilines is 2. The number of carbonyl (C=O) groups is 3. The Balaban J connectivity index is 1.17. The van der Waals surface area contributed by atoms with Gasteiger partial charge < -0.3 is 29.7 Å². The van der Waals surface area contributed by atoms with Gasteiger partial charge in [0.25, 0.3) is 0 Å². The number of hydrogen-bond donors (Lipinski definition) is 3. The quantitative estimate of drug-likeness (QED) is 0.334. The van der Waals surface area contributed by atoms with E-state index in [-0.39, 0.29) is 67.6 Å². The van der Waals surface area contributed by atoms with Gasteiger partial charge in [-0.2, -0.15) is 0 Å². The number of carbonyl (C=O) groups excluding carboxylic acids is 2. The third-order valence-corrected chi connectivity index (χ3v) is 8.87. The minimum atomic E-state index is -1.36. The molecule has 11 nitrogen and oxygen atoms in total. The molecule has 3 heterocycles. The maximum atomic E-state index is 15.4. The predicted octanol–water partition coefficient (Wildman–Crippen LogP) is 4.21. The molecule has 2 saturated heterocycles. The van der Waals surface area contributed by atoms with E-state index >= 15 is 8.78 Å². The van der Waals surface area contributed by atoms with Crippen LogP contribution in [0.1, 0.15) is 61.5 Å². The molecule has 2 aliphatic heterocycles. The number of carboxylic acids is 1. The Kier molecular flexibility index (Phi) is 8.05. The molecule has 0 radical (unpaired) electrons. The van der Waals surface area contributed by atoms with E-state index in [2.05, 4.69) is 5.32 Å². The van der Waals surface area contributed by atoms with Crippen molar-refractivity contribution in [2.24, 2.45) is 0 Å². The number of nitrogens with one attached hydrogen (secondary N) is 1. The summed E-state index contributed by atoms with van der Waals surface area (Å²) in [6, 6.07) is 7.07. The Hall–Kier alpha value is -4.78. The largest absolute Gasteiger partial charge is 0.477 e. The molecule has 3 aromatic rings. The number of nitrogens with zero attached hydrogens (tertiary/aromatic N) is 3. The van der Waals surface area contributed by atoms with Gasteiger partial charge in [-0.1, -0.05) is 0 Å². The highest BCUT2D eigenvalue weighted by molar-refractivity contribution is 5.94. The van der Waals surface area contributed by atoms with E-state index in [9.17, 15) is 29.4 Å². The molecule has 1 saturated carbocycles. The monoisotopic (exact) mass is 636 g/mol. The number of carboxylic acid groups (broad SMARTS) is 1. The zero-order valence-electron chi connectivity index (χ0n) is 25.4. The highest BCUT2D eigenvalue weighted by Gasteiger charge is 2.35. The number of aromatic nitrogens is 1. The molecular weight excluding hydrogens is 602 g/mol. The summed E-state index contributed by atoms with van der Waals surface area (Å²) in [4.78, 5) is 51.0. The van der Waals surface area contributed by atoms with E-state index in [1.165, 1.54) is 30.2 Å². The van der Waals surface area contributed by atoms with Gasteiger partial charge in [0.2, 0.25) is 11.3 Å². The second-order valence-corrected chi connectivity index (χ2v) is 12.3. The van der Waals surface area contributed by atoms with Crippen LogP contribution in [-0.4, -0.2) is 70.6 Å². The van der Waals surface area contributed by atoms with Crippen molar-refractivity contribution in [2.45, 2.75) is 57.3 Å². The Labute approximate surface area is 262 Å². The SMILES string of the molecule is CC(=O)NC[C@H]1CN(c2ccc(/C(C)=C\C3(O)CCN(c4cc5c(cc4F)c(=O)c(C(=O)O)cn5C4CC4)CC3)c(F)c2)C(=O)O1. The van der Waals surface area contributed by atoms with E-state index in [0.29, 0.717) is 16.8 Å². The highest BCUT2D eigenvalue weighted by atomic mass is 19.1. The van der Waals surface area contributed by atoms with Gasteiger partial charge in [0, 0.05) is 43.2 Å². The second kappa shape index (κ2) is 11.9. The number of aromatic carboxylic acids is 1. The molecule has 1 atom stereocenters. The Morgan fingerprint density at radius 2 is 1.78 bits per heavy atom. The summed E-state index contributed by atoms with van der Waals surface area (Å²) in [7, 11) is 0. The zero-order chi connectivity index (χ0) is 32.9. The molecule has 3 N–H and O–H groups in total. The molecule has 2 aromatic carbocycles. The fourth-order valence-corrected chi connectivity index (χ4v) is 6.26. The first-order valence-corrected chi connectivity index (χ1v) is 15.1. The van der Waals surface area contributed by atoms with Crippen molar-refractivity contribution in [3.8, 4) is 0 Å². The summed E-state index contributed by atoms with van der Waals surface area (Å²) in [5.74, 6) is -2.85. The molecule has 46 heavy (non-hydrogen) atoms. The van der Waals surface area contributed by atoms with Crippen molar-refractivity contribution in [1.29, 1.82) is 0 Å². The van der Waals surface area contributed by atoms with Gasteiger partial charge in [-0.25, -0.2) is 18.4 Å². The Morgan fingerprint density at radius 3 is 2.41 bits per heavy atom. The number of halogens is 2. The minimum Gasteiger partial charge on any atom is -0.477 e. The molecule has 1 aromatic heterocycles. The van der Waals surface area contributed by atoms with Crippen LogP contribution in [0.4, 0.5) is 25.0 Å². The minimum absolute atomic E-state index is 0.0135. The molecule has 6 rings (SSSR count). The van der Waals surface area contributed by atoms with Crippen molar-refractivity contribution < 1.29 is 38.1 Å². The van der Waals surface area contributed by atoms with Gasteiger partial charge in [-0.3, -0.25) is 14.5 Å². The van der Waals surface area contributed by atoms with Crippen LogP contribution in [-0.2, 0) is 9.53 Å². The number of piperidine rings is 1. The fraction of sp³-hybridized carbons (Fsp3) is 0.394. The number of aliphatic hydroxyl groups is 1. The summed E-state index contributed by atoms with van der Waals surface area (Å²) in [6.07, 6.45) is 3.86. The number of rotatable bonds is 8. The molecule has 242 valence electrons. The van der Waals surface area contributed by atoms with Crippen LogP contribution >= 0.6 is 0 Å². The van der Waals surface area contributed by atoms with Crippen LogP contribution in [0.15, 0.2) is 47.4 Å². The number of fused-ring (bicyclic) bond motifs is 1. The lowest BCUT2D eigenvalue weighted by Crippen LogP contribution is -2.43. The van der Waals surface area contributed by atoms with E-state index in [1.807, 2.05) is 0 Å². The van der Waals surface area contributed by atoms with Crippen LogP contribution in [0.5, 0.6) is 0 Å². The summed E-state index contributed by atoms with van der Waals surface area (Å²) in [5, 5.41) is 23.5. The smallest absolute Gasteiger partial charge is 0.414 e. The number of hydrogen-bond acceptors (Lipinski definition) is 7. The van der Waals surface area contributed by atoms with E-state index in [0.717, 1.165) is 18.9 Å². The molecule has 3 aliphatic rings. The van der Waals surface area contributed by atoms with E-state index in [1.54, 1.807) is 34.6 Å². The average Bonchev–Trinajstić information content (AvgIpc) is 3.77. The normalized spacial score (nSPS) is 19.8. The summed E-state index contributed by atoms with van der Waals surface area (Å²) >= 11 is 0. The van der Waals surface area contributed by atoms with Crippen LogP contribution in [0, 0.1) is 11.6 Å². The van der Waals surface area contributed by atoms with Crippen LogP contribution in [0.2, 0.25) is 0 Å². The maximum absolute atomic E-state index is 15.4. The standard InChI is InChI=1S/C33H34F2N4O7/c1-18(23-6-5-21(11-26(23)34)39-16-22(46-32(39)44)15-36-19(2)40)14-33(45)7-9-37(10-8-33)29-13-28-24(12-27(29)35)30(41)25(31(42)43)17-38(28)20-3-4-20/h5-6,11-14,17,20,22,45H,3-4,7-10,15-16H2,1-2H3,(H,36,40)(H,42,43)/b18-14-/t22-/m0/s1. The number of cyclic esters (lactones) is 1. The van der Waals surface area contributed by atoms with Crippen molar-refractivity contribution in [3.63, 3.8) is 0 Å². The van der Waals surface area contributed by atoms with Gasteiger partial charge in [-0.15, -0.1) is 0 Å². The topological polar surface area (TPSA) is 141 Å².